The Morgan fingerprint density at radius 3 is 2.95 bits per heavy atom. The van der Waals surface area contributed by atoms with E-state index in [1.807, 2.05) is 0 Å². The average molecular weight is 280 g/mol. The Kier molecular flexibility index (Phi) is 2.42. The third-order valence-corrected chi connectivity index (χ3v) is 6.63. The van der Waals surface area contributed by atoms with Crippen molar-refractivity contribution in [3.05, 3.63) is 35.5 Å². The molecule has 0 N–H and O–H groups in total. The average Bonchev–Trinajstić information content (AvgIpc) is 2.88. The van der Waals surface area contributed by atoms with Gasteiger partial charge in [0.15, 0.2) is 0 Å². The summed E-state index contributed by atoms with van der Waals surface area (Å²) in [6.45, 7) is 6.24. The largest absolute Gasteiger partial charge is 0.343 e. The molecule has 1 aromatic carbocycles. The van der Waals surface area contributed by atoms with Gasteiger partial charge < -0.3 is 4.57 Å². The van der Waals surface area contributed by atoms with Gasteiger partial charge in [0.2, 0.25) is 0 Å². The molecule has 0 radical (unpaired) electrons. The standard InChI is InChI=1S/C19H24N2/c1-2-19-9-5-11-20-12-8-15-14-6-3-4-7-16(14)21(13-10-19)17(15)18(19)20/h3-4,6-7,18H,2,5,8-13H2,1H3. The third-order valence-electron chi connectivity index (χ3n) is 6.63. The lowest BCUT2D eigenvalue weighted by molar-refractivity contribution is -0.0253. The highest BCUT2D eigenvalue weighted by atomic mass is 15.2. The van der Waals surface area contributed by atoms with Crippen molar-refractivity contribution in [3.63, 3.8) is 0 Å². The smallest absolute Gasteiger partial charge is 0.0560 e. The van der Waals surface area contributed by atoms with Crippen LogP contribution in [0.15, 0.2) is 24.3 Å². The fraction of sp³-hybridized carbons (Fsp3) is 0.579. The van der Waals surface area contributed by atoms with E-state index in [1.165, 1.54) is 62.6 Å². The van der Waals surface area contributed by atoms with Gasteiger partial charge in [-0.2, -0.15) is 0 Å². The zero-order chi connectivity index (χ0) is 14.0. The molecule has 5 rings (SSSR count). The lowest BCUT2D eigenvalue weighted by Gasteiger charge is -2.55. The van der Waals surface area contributed by atoms with Gasteiger partial charge in [-0.1, -0.05) is 25.1 Å². The molecular weight excluding hydrogens is 256 g/mol. The van der Waals surface area contributed by atoms with Gasteiger partial charge in [0.05, 0.1) is 6.04 Å². The quantitative estimate of drug-likeness (QED) is 0.762. The van der Waals surface area contributed by atoms with Gasteiger partial charge in [-0.3, -0.25) is 4.90 Å². The number of aryl methyl sites for hydroxylation is 1. The number of para-hydroxylation sites is 1. The first-order chi connectivity index (χ1) is 10.3. The first kappa shape index (κ1) is 12.3. The van der Waals surface area contributed by atoms with Crippen LogP contribution in [-0.2, 0) is 13.0 Å². The number of hydrogen-bond donors (Lipinski definition) is 0. The molecule has 4 heterocycles. The van der Waals surface area contributed by atoms with E-state index >= 15 is 0 Å². The van der Waals surface area contributed by atoms with Crippen LogP contribution in [0.1, 0.15) is 49.9 Å². The molecule has 0 bridgehead atoms. The molecule has 0 spiro atoms. The van der Waals surface area contributed by atoms with E-state index in [1.54, 1.807) is 11.3 Å². The van der Waals surface area contributed by atoms with Crippen molar-refractivity contribution in [1.82, 2.24) is 9.47 Å². The number of benzene rings is 1. The maximum absolute atomic E-state index is 2.81. The van der Waals surface area contributed by atoms with E-state index in [2.05, 4.69) is 40.7 Å². The molecule has 2 atom stereocenters. The minimum absolute atomic E-state index is 0.553. The van der Waals surface area contributed by atoms with Gasteiger partial charge in [-0.15, -0.1) is 0 Å². The minimum Gasteiger partial charge on any atom is -0.343 e. The summed E-state index contributed by atoms with van der Waals surface area (Å²) in [6.07, 6.45) is 6.80. The number of fused-ring (bicyclic) bond motifs is 3. The predicted molar refractivity (Wildman–Crippen MR) is 86.5 cm³/mol. The fourth-order valence-corrected chi connectivity index (χ4v) is 5.60. The maximum Gasteiger partial charge on any atom is 0.0560 e. The molecule has 0 amide bonds. The van der Waals surface area contributed by atoms with Gasteiger partial charge in [0, 0.05) is 29.7 Å². The molecule has 3 aliphatic rings. The molecule has 1 aromatic heterocycles. The van der Waals surface area contributed by atoms with Gasteiger partial charge in [0.1, 0.15) is 0 Å². The molecule has 2 heteroatoms. The van der Waals surface area contributed by atoms with Crippen molar-refractivity contribution >= 4 is 10.9 Å². The number of hydrogen-bond acceptors (Lipinski definition) is 1. The van der Waals surface area contributed by atoms with Crippen molar-refractivity contribution in [2.45, 2.75) is 51.6 Å². The van der Waals surface area contributed by atoms with Crippen LogP contribution >= 0.6 is 0 Å². The molecule has 1 saturated heterocycles. The molecule has 2 unspecified atom stereocenters. The Balaban J connectivity index is 1.83. The predicted octanol–water partition coefficient (Wildman–Crippen LogP) is 4.13. The van der Waals surface area contributed by atoms with Crippen molar-refractivity contribution in [3.8, 4) is 0 Å². The summed E-state index contributed by atoms with van der Waals surface area (Å²) in [4.78, 5) is 2.81. The Hall–Kier alpha value is -1.28. The molecule has 3 aliphatic heterocycles. The lowest BCUT2D eigenvalue weighted by Crippen LogP contribution is -2.52. The Bertz CT molecular complexity index is 681. The van der Waals surface area contributed by atoms with Crippen LogP contribution in [0.25, 0.3) is 10.9 Å². The zero-order valence-electron chi connectivity index (χ0n) is 12.9. The van der Waals surface area contributed by atoms with Gasteiger partial charge in [0.25, 0.3) is 0 Å². The SMILES string of the molecule is CCC12CCCN3CCc4c(n(c5ccccc45)CC1)C32. The summed E-state index contributed by atoms with van der Waals surface area (Å²) in [5, 5.41) is 1.53. The van der Waals surface area contributed by atoms with E-state index in [0.717, 1.165) is 0 Å². The van der Waals surface area contributed by atoms with Crippen LogP contribution in [0.4, 0.5) is 0 Å². The Labute approximate surface area is 126 Å². The first-order valence-corrected chi connectivity index (χ1v) is 8.68. The summed E-state index contributed by atoms with van der Waals surface area (Å²) < 4.78 is 2.67. The van der Waals surface area contributed by atoms with Crippen molar-refractivity contribution in [2.24, 2.45) is 5.41 Å². The lowest BCUT2D eigenvalue weighted by atomic mass is 9.64. The van der Waals surface area contributed by atoms with Crippen LogP contribution in [0.5, 0.6) is 0 Å². The van der Waals surface area contributed by atoms with E-state index in [4.69, 9.17) is 0 Å². The second-order valence-electron chi connectivity index (χ2n) is 7.29. The summed E-state index contributed by atoms with van der Waals surface area (Å²) in [6, 6.07) is 9.80. The normalized spacial score (nSPS) is 31.4. The second kappa shape index (κ2) is 4.13. The monoisotopic (exact) mass is 280 g/mol. The zero-order valence-corrected chi connectivity index (χ0v) is 12.9. The van der Waals surface area contributed by atoms with Crippen LogP contribution in [-0.4, -0.2) is 22.6 Å². The molecular formula is C19H24N2. The first-order valence-electron chi connectivity index (χ1n) is 8.68. The Morgan fingerprint density at radius 1 is 1.14 bits per heavy atom. The topological polar surface area (TPSA) is 8.17 Å². The third kappa shape index (κ3) is 1.42. The number of piperidine rings is 1. The Morgan fingerprint density at radius 2 is 2.05 bits per heavy atom. The van der Waals surface area contributed by atoms with Crippen molar-refractivity contribution in [2.75, 3.05) is 13.1 Å². The number of rotatable bonds is 1. The highest BCUT2D eigenvalue weighted by molar-refractivity contribution is 5.86. The second-order valence-corrected chi connectivity index (χ2v) is 7.29. The number of nitrogens with zero attached hydrogens (tertiary/aromatic N) is 2. The van der Waals surface area contributed by atoms with Gasteiger partial charge in [-0.05, 0) is 55.7 Å². The number of aromatic nitrogens is 1. The van der Waals surface area contributed by atoms with Crippen LogP contribution in [0, 0.1) is 5.41 Å². The highest BCUT2D eigenvalue weighted by Gasteiger charge is 2.50. The van der Waals surface area contributed by atoms with Crippen LogP contribution < -0.4 is 0 Å². The van der Waals surface area contributed by atoms with Crippen LogP contribution in [0.3, 0.4) is 0 Å². The molecule has 0 saturated carbocycles. The molecule has 110 valence electrons. The van der Waals surface area contributed by atoms with E-state index in [0.29, 0.717) is 11.5 Å². The molecule has 1 fully saturated rings. The van der Waals surface area contributed by atoms with E-state index in [-0.39, 0.29) is 0 Å². The minimum atomic E-state index is 0.553. The summed E-state index contributed by atoms with van der Waals surface area (Å²) in [7, 11) is 0. The summed E-state index contributed by atoms with van der Waals surface area (Å²) in [5.41, 5.74) is 5.40. The van der Waals surface area contributed by atoms with Crippen LogP contribution in [0.2, 0.25) is 0 Å². The maximum atomic E-state index is 2.81. The van der Waals surface area contributed by atoms with E-state index < -0.39 is 0 Å². The van der Waals surface area contributed by atoms with Gasteiger partial charge >= 0.3 is 0 Å². The summed E-state index contributed by atoms with van der Waals surface area (Å²) in [5.74, 6) is 0. The van der Waals surface area contributed by atoms with Crippen molar-refractivity contribution < 1.29 is 0 Å². The highest BCUT2D eigenvalue weighted by Crippen LogP contribution is 2.56. The van der Waals surface area contributed by atoms with Crippen molar-refractivity contribution in [1.29, 1.82) is 0 Å². The summed E-state index contributed by atoms with van der Waals surface area (Å²) >= 11 is 0. The molecule has 2 nitrogen and oxygen atoms in total. The van der Waals surface area contributed by atoms with E-state index in [9.17, 15) is 0 Å². The molecule has 2 aromatic rings. The molecule has 0 aliphatic carbocycles. The fourth-order valence-electron chi connectivity index (χ4n) is 5.60. The van der Waals surface area contributed by atoms with Gasteiger partial charge in [-0.25, -0.2) is 0 Å². The molecule has 21 heavy (non-hydrogen) atoms.